The number of nitrogens with one attached hydrogen (secondary N) is 2. The molecule has 4 N–H and O–H groups in total. The first-order chi connectivity index (χ1) is 22.4. The van der Waals surface area contributed by atoms with E-state index in [1.54, 1.807) is 18.3 Å². The number of carbonyl (C=O) groups is 2. The van der Waals surface area contributed by atoms with Crippen molar-refractivity contribution >= 4 is 63.0 Å². The van der Waals surface area contributed by atoms with E-state index in [4.69, 9.17) is 42.8 Å². The number of nitrogens with two attached hydrogens (primary N) is 1. The van der Waals surface area contributed by atoms with Crippen LogP contribution < -0.4 is 35.0 Å². The molecule has 2 heterocycles. The average molecular weight is 705 g/mol. The number of anilines is 3. The minimum Gasteiger partial charge on any atom is -0.495 e. The van der Waals surface area contributed by atoms with E-state index in [9.17, 15) is 18.0 Å². The second kappa shape index (κ2) is 14.4. The van der Waals surface area contributed by atoms with E-state index in [-0.39, 0.29) is 57.3 Å². The number of halogens is 2. The molecule has 2 aromatic carbocycles. The van der Waals surface area contributed by atoms with Gasteiger partial charge in [-0.3, -0.25) is 14.6 Å². The van der Waals surface area contributed by atoms with Gasteiger partial charge in [-0.05, 0) is 36.1 Å². The molecule has 0 unspecified atom stereocenters. The SMILES string of the molecule is C=C(C=O)CN[C@H]1CCCC[C@H]1Nc1ncc2c(n1)N(Cc1cccc(S(N)(=O)=O)c1)C(=O)N(c1c(Cl)c(OC)cc(OC)c1Cl)C2. The Balaban J connectivity index is 1.55. The first-order valence-corrected chi connectivity index (χ1v) is 17.0. The predicted octanol–water partition coefficient (Wildman–Crippen LogP) is 4.66. The Morgan fingerprint density at radius 1 is 1.13 bits per heavy atom. The third kappa shape index (κ3) is 7.47. The lowest BCUT2D eigenvalue weighted by Crippen LogP contribution is -2.48. The Bertz CT molecular complexity index is 1780. The number of fused-ring (bicyclic) bond motifs is 1. The van der Waals surface area contributed by atoms with Crippen molar-refractivity contribution in [1.82, 2.24) is 15.3 Å². The van der Waals surface area contributed by atoms with Gasteiger partial charge in [-0.1, -0.05) is 54.8 Å². The van der Waals surface area contributed by atoms with E-state index in [0.29, 0.717) is 35.0 Å². The highest BCUT2D eigenvalue weighted by Gasteiger charge is 2.37. The molecule has 16 heteroatoms. The van der Waals surface area contributed by atoms with Gasteiger partial charge in [0.2, 0.25) is 16.0 Å². The Labute approximate surface area is 283 Å². The summed E-state index contributed by atoms with van der Waals surface area (Å²) in [5.41, 5.74) is 1.68. The van der Waals surface area contributed by atoms with Gasteiger partial charge in [-0.15, -0.1) is 0 Å². The fourth-order valence-electron chi connectivity index (χ4n) is 5.73. The molecule has 47 heavy (non-hydrogen) atoms. The smallest absolute Gasteiger partial charge is 0.330 e. The molecule has 3 aromatic rings. The number of sulfonamides is 1. The van der Waals surface area contributed by atoms with Crippen molar-refractivity contribution in [3.63, 3.8) is 0 Å². The van der Waals surface area contributed by atoms with E-state index < -0.39 is 16.1 Å². The van der Waals surface area contributed by atoms with Gasteiger partial charge < -0.3 is 20.1 Å². The van der Waals surface area contributed by atoms with Crippen LogP contribution in [0.5, 0.6) is 11.5 Å². The number of hydrogen-bond acceptors (Lipinski definition) is 10. The monoisotopic (exact) mass is 703 g/mol. The van der Waals surface area contributed by atoms with Crippen LogP contribution in [0.4, 0.5) is 22.2 Å². The van der Waals surface area contributed by atoms with Gasteiger partial charge in [0.1, 0.15) is 33.6 Å². The summed E-state index contributed by atoms with van der Waals surface area (Å²) in [5, 5.41) is 12.4. The van der Waals surface area contributed by atoms with Crippen LogP contribution in [0.2, 0.25) is 10.0 Å². The molecule has 0 radical (unpaired) electrons. The molecule has 1 aliphatic heterocycles. The zero-order valence-electron chi connectivity index (χ0n) is 25.8. The Morgan fingerprint density at radius 2 is 1.81 bits per heavy atom. The maximum absolute atomic E-state index is 14.4. The molecule has 1 fully saturated rings. The van der Waals surface area contributed by atoms with Gasteiger partial charge in [0.25, 0.3) is 0 Å². The maximum atomic E-state index is 14.4. The van der Waals surface area contributed by atoms with E-state index in [1.165, 1.54) is 42.2 Å². The number of aromatic nitrogens is 2. The third-order valence-corrected chi connectivity index (χ3v) is 9.76. The Morgan fingerprint density at radius 3 is 2.45 bits per heavy atom. The summed E-state index contributed by atoms with van der Waals surface area (Å²) in [6.45, 7) is 4.07. The molecule has 0 bridgehead atoms. The van der Waals surface area contributed by atoms with Crippen LogP contribution in [-0.4, -0.2) is 63.6 Å². The number of rotatable bonds is 12. The standard InChI is InChI=1S/C31H35Cl2N7O6S/c1-18(17-41)13-35-22-9-4-5-10-23(22)37-30-36-14-20-16-39(28-26(32)24(45-2)12-25(46-3)27(28)33)31(42)40(29(20)38-30)15-19-7-6-8-21(11-19)47(34,43)44/h6-8,11-12,14,17,22-23,35H,1,4-5,9-10,13,15-16H2,2-3H3,(H2,34,43,44)(H,36,37,38)/t22-,23+/m0/s1. The van der Waals surface area contributed by atoms with Crippen LogP contribution in [0.3, 0.4) is 0 Å². The number of aldehydes is 1. The third-order valence-electron chi connectivity index (χ3n) is 8.11. The fraction of sp³-hybridized carbons (Fsp3) is 0.355. The summed E-state index contributed by atoms with van der Waals surface area (Å²) in [7, 11) is -1.14. The number of amides is 2. The van der Waals surface area contributed by atoms with Gasteiger partial charge in [0.05, 0.1) is 37.9 Å². The van der Waals surface area contributed by atoms with Gasteiger partial charge in [0, 0.05) is 36.5 Å². The second-order valence-electron chi connectivity index (χ2n) is 11.2. The number of urea groups is 1. The summed E-state index contributed by atoms with van der Waals surface area (Å²) >= 11 is 13.4. The van der Waals surface area contributed by atoms with Crippen molar-refractivity contribution in [2.45, 2.75) is 55.8 Å². The van der Waals surface area contributed by atoms with Crippen LogP contribution in [0.1, 0.15) is 36.8 Å². The van der Waals surface area contributed by atoms with Crippen molar-refractivity contribution in [3.8, 4) is 11.5 Å². The number of ether oxygens (including phenoxy) is 2. The number of methoxy groups -OCH3 is 2. The number of carbonyl (C=O) groups excluding carboxylic acids is 2. The van der Waals surface area contributed by atoms with Gasteiger partial charge in [-0.2, -0.15) is 4.98 Å². The van der Waals surface area contributed by atoms with E-state index in [1.807, 2.05) is 0 Å². The van der Waals surface area contributed by atoms with Crippen LogP contribution in [0.25, 0.3) is 0 Å². The minimum absolute atomic E-state index is 0.0132. The van der Waals surface area contributed by atoms with Gasteiger partial charge >= 0.3 is 6.03 Å². The molecular weight excluding hydrogens is 669 g/mol. The van der Waals surface area contributed by atoms with E-state index in [2.05, 4.69) is 22.2 Å². The number of nitrogens with zero attached hydrogens (tertiary/aromatic N) is 4. The molecule has 250 valence electrons. The van der Waals surface area contributed by atoms with Crippen molar-refractivity contribution in [1.29, 1.82) is 0 Å². The highest BCUT2D eigenvalue weighted by Crippen LogP contribution is 2.48. The molecule has 5 rings (SSSR count). The van der Waals surface area contributed by atoms with Crippen LogP contribution in [-0.2, 0) is 27.9 Å². The lowest BCUT2D eigenvalue weighted by atomic mass is 9.90. The summed E-state index contributed by atoms with van der Waals surface area (Å²) in [6.07, 6.45) is 6.12. The van der Waals surface area contributed by atoms with Gasteiger partial charge in [0.15, 0.2) is 0 Å². The summed E-state index contributed by atoms with van der Waals surface area (Å²) in [5.74, 6) is 1.12. The van der Waals surface area contributed by atoms with E-state index >= 15 is 0 Å². The Kier molecular flexibility index (Phi) is 10.6. The zero-order valence-corrected chi connectivity index (χ0v) is 28.2. The van der Waals surface area contributed by atoms with Crippen LogP contribution >= 0.6 is 23.2 Å². The molecule has 1 aliphatic carbocycles. The number of hydrogen-bond donors (Lipinski definition) is 3. The lowest BCUT2D eigenvalue weighted by molar-refractivity contribution is -0.104. The van der Waals surface area contributed by atoms with Crippen molar-refractivity contribution < 1.29 is 27.5 Å². The van der Waals surface area contributed by atoms with Crippen LogP contribution in [0, 0.1) is 0 Å². The average Bonchev–Trinajstić information content (AvgIpc) is 3.06. The summed E-state index contributed by atoms with van der Waals surface area (Å²) < 4.78 is 35.1. The maximum Gasteiger partial charge on any atom is 0.330 e. The highest BCUT2D eigenvalue weighted by atomic mass is 35.5. The number of primary sulfonamides is 1. The van der Waals surface area contributed by atoms with Crippen molar-refractivity contribution in [2.75, 3.05) is 35.9 Å². The molecule has 2 atom stereocenters. The largest absolute Gasteiger partial charge is 0.495 e. The van der Waals surface area contributed by atoms with Crippen molar-refractivity contribution in [2.24, 2.45) is 5.14 Å². The van der Waals surface area contributed by atoms with Gasteiger partial charge in [-0.25, -0.2) is 23.3 Å². The quantitative estimate of drug-likeness (QED) is 0.178. The molecule has 0 spiro atoms. The highest BCUT2D eigenvalue weighted by molar-refractivity contribution is 7.89. The lowest BCUT2D eigenvalue weighted by Gasteiger charge is -2.37. The molecule has 0 saturated heterocycles. The Hall–Kier alpha value is -3.95. The van der Waals surface area contributed by atoms with E-state index in [0.717, 1.165) is 32.0 Å². The molecule has 2 amide bonds. The van der Waals surface area contributed by atoms with Crippen LogP contribution in [0.15, 0.2) is 53.6 Å². The zero-order chi connectivity index (χ0) is 33.9. The minimum atomic E-state index is -4.00. The summed E-state index contributed by atoms with van der Waals surface area (Å²) in [6, 6.07) is 7.00. The summed E-state index contributed by atoms with van der Waals surface area (Å²) in [4.78, 5) is 37.5. The molecule has 13 nitrogen and oxygen atoms in total. The number of benzene rings is 2. The van der Waals surface area contributed by atoms with Crippen molar-refractivity contribution in [3.05, 3.63) is 69.9 Å². The molecule has 1 aromatic heterocycles. The first kappa shape index (κ1) is 34.4. The predicted molar refractivity (Wildman–Crippen MR) is 180 cm³/mol. The normalized spacial score (nSPS) is 18.0. The molecule has 2 aliphatic rings. The molecular formula is C31H35Cl2N7O6S. The second-order valence-corrected chi connectivity index (χ2v) is 13.6. The molecule has 1 saturated carbocycles. The first-order valence-electron chi connectivity index (χ1n) is 14.7. The fourth-order valence-corrected chi connectivity index (χ4v) is 7.02. The topological polar surface area (TPSA) is 169 Å².